The minimum absolute atomic E-state index is 0. The number of likely N-dealkylation sites (tertiary alicyclic amines) is 1. The Balaban J connectivity index is 0.00000176. The van der Waals surface area contributed by atoms with Crippen LogP contribution in [0.4, 0.5) is 0 Å². The Morgan fingerprint density at radius 1 is 1.45 bits per heavy atom. The van der Waals surface area contributed by atoms with Crippen molar-refractivity contribution in [3.05, 3.63) is 24.0 Å². The average Bonchev–Trinajstić information content (AvgIpc) is 3.19. The van der Waals surface area contributed by atoms with Crippen molar-refractivity contribution in [2.75, 3.05) is 32.8 Å². The van der Waals surface area contributed by atoms with E-state index < -0.39 is 0 Å². The fraction of sp³-hybridized carbons (Fsp3) is 0.688. The van der Waals surface area contributed by atoms with Crippen molar-refractivity contribution in [1.82, 2.24) is 14.8 Å². The molecule has 2 saturated heterocycles. The smallest absolute Gasteiger partial charge is 0.194 e. The highest BCUT2D eigenvalue weighted by Gasteiger charge is 2.42. The van der Waals surface area contributed by atoms with Gasteiger partial charge in [0.15, 0.2) is 5.96 Å². The molecule has 1 aromatic heterocycles. The Bertz CT molecular complexity index is 508. The van der Waals surface area contributed by atoms with E-state index in [2.05, 4.69) is 40.2 Å². The number of nitrogens with one attached hydrogen (secondary N) is 1. The lowest BCUT2D eigenvalue weighted by Gasteiger charge is -2.24. The van der Waals surface area contributed by atoms with E-state index in [4.69, 9.17) is 9.73 Å². The SMILES string of the molecule is CCNC(=NCc1ccn(C)c1)N1CCC2(CCOC2)C1.I. The minimum Gasteiger partial charge on any atom is -0.381 e. The van der Waals surface area contributed by atoms with Crippen molar-refractivity contribution in [3.8, 4) is 0 Å². The molecule has 0 aliphatic carbocycles. The molecule has 0 bridgehead atoms. The Labute approximate surface area is 150 Å². The van der Waals surface area contributed by atoms with Crippen molar-refractivity contribution in [2.45, 2.75) is 26.3 Å². The predicted molar refractivity (Wildman–Crippen MR) is 99.7 cm³/mol. The molecule has 5 nitrogen and oxygen atoms in total. The van der Waals surface area contributed by atoms with Crippen LogP contribution >= 0.6 is 24.0 Å². The zero-order chi connectivity index (χ0) is 14.7. The second kappa shape index (κ2) is 7.68. The number of aryl methyl sites for hydroxylation is 1. The molecule has 0 saturated carbocycles. The van der Waals surface area contributed by atoms with Gasteiger partial charge < -0.3 is 19.5 Å². The molecule has 1 aromatic rings. The summed E-state index contributed by atoms with van der Waals surface area (Å²) >= 11 is 0. The van der Waals surface area contributed by atoms with Crippen LogP contribution in [-0.4, -0.2) is 48.3 Å². The Hall–Kier alpha value is -0.760. The highest BCUT2D eigenvalue weighted by Crippen LogP contribution is 2.38. The van der Waals surface area contributed by atoms with E-state index in [0.717, 1.165) is 45.4 Å². The van der Waals surface area contributed by atoms with Crippen LogP contribution in [0.5, 0.6) is 0 Å². The molecule has 22 heavy (non-hydrogen) atoms. The number of hydrogen-bond donors (Lipinski definition) is 1. The standard InChI is InChI=1S/C16H26N4O.HI/c1-3-17-15(18-10-14-4-7-19(2)11-14)20-8-5-16(12-20)6-9-21-13-16;/h4,7,11H,3,5-6,8-10,12-13H2,1-2H3,(H,17,18);1H. The number of rotatable bonds is 3. The van der Waals surface area contributed by atoms with E-state index in [1.807, 2.05) is 7.05 Å². The van der Waals surface area contributed by atoms with Crippen LogP contribution in [-0.2, 0) is 18.3 Å². The van der Waals surface area contributed by atoms with Gasteiger partial charge in [-0.2, -0.15) is 0 Å². The molecule has 0 radical (unpaired) electrons. The first-order valence-electron chi connectivity index (χ1n) is 7.93. The molecule has 1 spiro atoms. The van der Waals surface area contributed by atoms with Gasteiger partial charge in [0.1, 0.15) is 0 Å². The number of aromatic nitrogens is 1. The molecule has 124 valence electrons. The molecular weight excluding hydrogens is 391 g/mol. The van der Waals surface area contributed by atoms with Crippen LogP contribution in [0.3, 0.4) is 0 Å². The molecule has 1 atom stereocenters. The second-order valence-electron chi connectivity index (χ2n) is 6.33. The topological polar surface area (TPSA) is 41.8 Å². The Morgan fingerprint density at radius 3 is 2.95 bits per heavy atom. The molecule has 1 unspecified atom stereocenters. The summed E-state index contributed by atoms with van der Waals surface area (Å²) in [6, 6.07) is 2.13. The highest BCUT2D eigenvalue weighted by atomic mass is 127. The van der Waals surface area contributed by atoms with E-state index in [-0.39, 0.29) is 24.0 Å². The van der Waals surface area contributed by atoms with Crippen LogP contribution in [0.2, 0.25) is 0 Å². The van der Waals surface area contributed by atoms with Crippen molar-refractivity contribution in [3.63, 3.8) is 0 Å². The van der Waals surface area contributed by atoms with Crippen molar-refractivity contribution >= 4 is 29.9 Å². The third kappa shape index (κ3) is 3.95. The van der Waals surface area contributed by atoms with E-state index >= 15 is 0 Å². The molecule has 2 aliphatic heterocycles. The van der Waals surface area contributed by atoms with Crippen LogP contribution < -0.4 is 5.32 Å². The number of guanidine groups is 1. The Morgan fingerprint density at radius 2 is 2.32 bits per heavy atom. The van der Waals surface area contributed by atoms with Crippen molar-refractivity contribution in [1.29, 1.82) is 0 Å². The zero-order valence-corrected chi connectivity index (χ0v) is 15.9. The average molecular weight is 418 g/mol. The van der Waals surface area contributed by atoms with E-state index in [1.54, 1.807) is 0 Å². The summed E-state index contributed by atoms with van der Waals surface area (Å²) < 4.78 is 7.68. The monoisotopic (exact) mass is 418 g/mol. The van der Waals surface area contributed by atoms with E-state index in [1.165, 1.54) is 18.4 Å². The van der Waals surface area contributed by atoms with Crippen LogP contribution in [0.25, 0.3) is 0 Å². The van der Waals surface area contributed by atoms with Gasteiger partial charge in [0, 0.05) is 51.1 Å². The number of aliphatic imine (C=N–C) groups is 1. The maximum Gasteiger partial charge on any atom is 0.194 e. The molecule has 2 fully saturated rings. The maximum absolute atomic E-state index is 5.61. The van der Waals surface area contributed by atoms with Gasteiger partial charge in [-0.25, -0.2) is 4.99 Å². The van der Waals surface area contributed by atoms with Gasteiger partial charge in [0.2, 0.25) is 0 Å². The predicted octanol–water partition coefficient (Wildman–Crippen LogP) is 2.22. The quantitative estimate of drug-likeness (QED) is 0.465. The largest absolute Gasteiger partial charge is 0.381 e. The van der Waals surface area contributed by atoms with Gasteiger partial charge in [-0.15, -0.1) is 24.0 Å². The number of nitrogens with zero attached hydrogens (tertiary/aromatic N) is 3. The van der Waals surface area contributed by atoms with Crippen LogP contribution in [0.1, 0.15) is 25.3 Å². The summed E-state index contributed by atoms with van der Waals surface area (Å²) in [5, 5.41) is 3.44. The van der Waals surface area contributed by atoms with Gasteiger partial charge in [-0.05, 0) is 31.4 Å². The molecule has 0 aromatic carbocycles. The highest BCUT2D eigenvalue weighted by molar-refractivity contribution is 14.0. The lowest BCUT2D eigenvalue weighted by molar-refractivity contribution is 0.156. The van der Waals surface area contributed by atoms with Gasteiger partial charge in [0.25, 0.3) is 0 Å². The first-order valence-corrected chi connectivity index (χ1v) is 7.93. The summed E-state index contributed by atoms with van der Waals surface area (Å²) in [5.74, 6) is 1.05. The lowest BCUT2D eigenvalue weighted by Crippen LogP contribution is -2.41. The molecule has 6 heteroatoms. The van der Waals surface area contributed by atoms with Crippen LogP contribution in [0, 0.1) is 5.41 Å². The zero-order valence-electron chi connectivity index (χ0n) is 13.5. The number of halogens is 1. The second-order valence-corrected chi connectivity index (χ2v) is 6.33. The van der Waals surface area contributed by atoms with Gasteiger partial charge in [-0.3, -0.25) is 0 Å². The minimum atomic E-state index is 0. The molecule has 3 heterocycles. The third-order valence-electron chi connectivity index (χ3n) is 4.56. The molecule has 1 N–H and O–H groups in total. The summed E-state index contributed by atoms with van der Waals surface area (Å²) in [5.41, 5.74) is 1.63. The van der Waals surface area contributed by atoms with E-state index in [0.29, 0.717) is 5.41 Å². The number of hydrogen-bond acceptors (Lipinski definition) is 2. The fourth-order valence-corrected chi connectivity index (χ4v) is 3.33. The van der Waals surface area contributed by atoms with Gasteiger partial charge in [0.05, 0.1) is 13.2 Å². The van der Waals surface area contributed by atoms with Crippen molar-refractivity contribution < 1.29 is 4.74 Å². The Kier molecular flexibility index (Phi) is 6.14. The summed E-state index contributed by atoms with van der Waals surface area (Å²) in [6.45, 7) is 7.78. The fourth-order valence-electron chi connectivity index (χ4n) is 3.33. The number of ether oxygens (including phenoxy) is 1. The summed E-state index contributed by atoms with van der Waals surface area (Å²) in [4.78, 5) is 7.21. The first kappa shape index (κ1) is 17.6. The maximum atomic E-state index is 5.61. The van der Waals surface area contributed by atoms with E-state index in [9.17, 15) is 0 Å². The van der Waals surface area contributed by atoms with Crippen LogP contribution in [0.15, 0.2) is 23.5 Å². The molecule has 2 aliphatic rings. The lowest BCUT2D eigenvalue weighted by atomic mass is 9.87. The molecular formula is C16H27IN4O. The van der Waals surface area contributed by atoms with Crippen molar-refractivity contribution in [2.24, 2.45) is 17.5 Å². The molecule has 3 rings (SSSR count). The summed E-state index contributed by atoms with van der Waals surface area (Å²) in [6.07, 6.45) is 6.62. The first-order chi connectivity index (χ1) is 10.2. The molecule has 0 amide bonds. The normalized spacial score (nSPS) is 24.8. The van der Waals surface area contributed by atoms with Gasteiger partial charge >= 0.3 is 0 Å². The summed E-state index contributed by atoms with van der Waals surface area (Å²) in [7, 11) is 2.04. The van der Waals surface area contributed by atoms with Gasteiger partial charge in [-0.1, -0.05) is 0 Å². The third-order valence-corrected chi connectivity index (χ3v) is 4.56.